The van der Waals surface area contributed by atoms with Crippen molar-refractivity contribution in [1.29, 1.82) is 0 Å². The zero-order valence-corrected chi connectivity index (χ0v) is 20.3. The molecule has 0 aliphatic heterocycles. The maximum absolute atomic E-state index is 14.4. The highest BCUT2D eigenvalue weighted by Gasteiger charge is 2.15. The first-order valence-corrected chi connectivity index (χ1v) is 11.8. The fourth-order valence-electron chi connectivity index (χ4n) is 4.37. The van der Waals surface area contributed by atoms with Gasteiger partial charge in [0.2, 0.25) is 0 Å². The Bertz CT molecular complexity index is 1750. The molecule has 0 atom stereocenters. The molecule has 0 radical (unpaired) electrons. The second-order valence-corrected chi connectivity index (χ2v) is 9.14. The van der Waals surface area contributed by atoms with Crippen LogP contribution in [0.5, 0.6) is 0 Å². The number of benzene rings is 2. The zero-order chi connectivity index (χ0) is 25.5. The molecular formula is C28H23F2N7. The predicted octanol–water partition coefficient (Wildman–Crippen LogP) is 5.34. The average molecular weight is 496 g/mol. The van der Waals surface area contributed by atoms with Gasteiger partial charge in [0, 0.05) is 47.7 Å². The van der Waals surface area contributed by atoms with E-state index in [4.69, 9.17) is 0 Å². The molecule has 0 saturated carbocycles. The van der Waals surface area contributed by atoms with Crippen LogP contribution in [-0.4, -0.2) is 54.8 Å². The van der Waals surface area contributed by atoms with E-state index in [0.717, 1.165) is 64.4 Å². The normalized spacial score (nSPS) is 11.7. The minimum Gasteiger partial charge on any atom is -0.308 e. The Hall–Kier alpha value is -4.50. The third-order valence-corrected chi connectivity index (χ3v) is 6.32. The van der Waals surface area contributed by atoms with Crippen LogP contribution in [0.2, 0.25) is 0 Å². The van der Waals surface area contributed by atoms with Gasteiger partial charge in [-0.15, -0.1) is 0 Å². The van der Waals surface area contributed by atoms with Crippen molar-refractivity contribution < 1.29 is 8.78 Å². The van der Waals surface area contributed by atoms with Crippen molar-refractivity contribution in [1.82, 2.24) is 34.2 Å². The van der Waals surface area contributed by atoms with E-state index in [0.29, 0.717) is 5.65 Å². The summed E-state index contributed by atoms with van der Waals surface area (Å²) in [6.45, 7) is 1.72. The number of hydrogen-bond acceptors (Lipinski definition) is 5. The van der Waals surface area contributed by atoms with Gasteiger partial charge in [0.15, 0.2) is 5.82 Å². The molecule has 0 unspecified atom stereocenters. The molecule has 0 bridgehead atoms. The van der Waals surface area contributed by atoms with E-state index in [9.17, 15) is 8.78 Å². The molecule has 0 aliphatic rings. The van der Waals surface area contributed by atoms with Crippen LogP contribution in [0, 0.1) is 11.6 Å². The maximum atomic E-state index is 14.4. The number of halogens is 2. The van der Waals surface area contributed by atoms with Crippen LogP contribution in [0.1, 0.15) is 0 Å². The van der Waals surface area contributed by atoms with Crippen molar-refractivity contribution in [2.75, 3.05) is 20.6 Å². The van der Waals surface area contributed by atoms with Crippen molar-refractivity contribution in [2.45, 2.75) is 6.54 Å². The number of aromatic nitrogens is 6. The van der Waals surface area contributed by atoms with Crippen LogP contribution in [0.15, 0.2) is 79.5 Å². The molecule has 184 valence electrons. The second kappa shape index (κ2) is 9.18. The Morgan fingerprint density at radius 3 is 2.68 bits per heavy atom. The molecular weight excluding hydrogens is 472 g/mol. The summed E-state index contributed by atoms with van der Waals surface area (Å²) in [5, 5.41) is 6.20. The number of hydrogen-bond donors (Lipinski definition) is 0. The topological polar surface area (TPSA) is 64.7 Å². The Morgan fingerprint density at radius 1 is 0.919 bits per heavy atom. The van der Waals surface area contributed by atoms with E-state index in [1.54, 1.807) is 12.4 Å². The summed E-state index contributed by atoms with van der Waals surface area (Å²) < 4.78 is 32.0. The lowest BCUT2D eigenvalue weighted by molar-refractivity contribution is 0.373. The zero-order valence-electron chi connectivity index (χ0n) is 20.3. The average Bonchev–Trinajstić information content (AvgIpc) is 3.55. The fraction of sp³-hybridized carbons (Fsp3) is 0.143. The Labute approximate surface area is 211 Å². The van der Waals surface area contributed by atoms with Gasteiger partial charge >= 0.3 is 0 Å². The largest absolute Gasteiger partial charge is 0.308 e. The van der Waals surface area contributed by atoms with Crippen molar-refractivity contribution in [3.8, 4) is 28.2 Å². The molecule has 4 heterocycles. The van der Waals surface area contributed by atoms with Crippen LogP contribution in [0.25, 0.3) is 50.1 Å². The molecule has 6 aromatic rings. The van der Waals surface area contributed by atoms with Crippen molar-refractivity contribution >= 4 is 21.9 Å². The summed E-state index contributed by atoms with van der Waals surface area (Å²) in [6, 6.07) is 13.2. The van der Waals surface area contributed by atoms with E-state index in [1.807, 2.05) is 66.2 Å². The Morgan fingerprint density at radius 2 is 1.81 bits per heavy atom. The summed E-state index contributed by atoms with van der Waals surface area (Å²) in [4.78, 5) is 15.6. The van der Waals surface area contributed by atoms with Gasteiger partial charge in [-0.05, 0) is 56.1 Å². The van der Waals surface area contributed by atoms with Gasteiger partial charge in [-0.3, -0.25) is 9.67 Å². The fourth-order valence-corrected chi connectivity index (χ4v) is 4.37. The van der Waals surface area contributed by atoms with Gasteiger partial charge in [0.25, 0.3) is 0 Å². The predicted molar refractivity (Wildman–Crippen MR) is 139 cm³/mol. The van der Waals surface area contributed by atoms with Crippen molar-refractivity contribution in [3.05, 3.63) is 91.1 Å². The van der Waals surface area contributed by atoms with Gasteiger partial charge in [0.1, 0.15) is 17.3 Å². The molecule has 2 aromatic carbocycles. The van der Waals surface area contributed by atoms with Crippen LogP contribution >= 0.6 is 0 Å². The number of nitrogens with zero attached hydrogens (tertiary/aromatic N) is 7. The quantitative estimate of drug-likeness (QED) is 0.312. The van der Waals surface area contributed by atoms with Crippen molar-refractivity contribution in [3.63, 3.8) is 0 Å². The highest BCUT2D eigenvalue weighted by atomic mass is 19.1. The van der Waals surface area contributed by atoms with Gasteiger partial charge < -0.3 is 9.47 Å². The first kappa shape index (κ1) is 22.9. The van der Waals surface area contributed by atoms with Gasteiger partial charge in [-0.1, -0.05) is 12.1 Å². The summed E-state index contributed by atoms with van der Waals surface area (Å²) in [6.07, 6.45) is 9.17. The number of fused-ring (bicyclic) bond motifs is 2. The number of rotatable bonds is 6. The van der Waals surface area contributed by atoms with E-state index in [-0.39, 0.29) is 11.4 Å². The summed E-state index contributed by atoms with van der Waals surface area (Å²) in [5.41, 5.74) is 4.35. The molecule has 37 heavy (non-hydrogen) atoms. The first-order valence-electron chi connectivity index (χ1n) is 11.8. The van der Waals surface area contributed by atoms with Gasteiger partial charge in [-0.2, -0.15) is 5.10 Å². The highest BCUT2D eigenvalue weighted by molar-refractivity contribution is 5.92. The van der Waals surface area contributed by atoms with Crippen molar-refractivity contribution in [2.24, 2.45) is 0 Å². The van der Waals surface area contributed by atoms with E-state index >= 15 is 0 Å². The van der Waals surface area contributed by atoms with Crippen LogP contribution in [-0.2, 0) is 6.54 Å². The molecule has 7 nitrogen and oxygen atoms in total. The molecule has 6 rings (SSSR count). The third kappa shape index (κ3) is 4.34. The number of pyridine rings is 1. The van der Waals surface area contributed by atoms with Crippen LogP contribution in [0.4, 0.5) is 8.78 Å². The van der Waals surface area contributed by atoms with E-state index in [2.05, 4.69) is 31.0 Å². The molecule has 0 spiro atoms. The minimum atomic E-state index is -0.578. The molecule has 9 heteroatoms. The monoisotopic (exact) mass is 495 g/mol. The molecule has 0 fully saturated rings. The third-order valence-electron chi connectivity index (χ3n) is 6.32. The summed E-state index contributed by atoms with van der Waals surface area (Å²) in [7, 11) is 4.08. The molecule has 0 saturated heterocycles. The van der Waals surface area contributed by atoms with E-state index in [1.165, 1.54) is 0 Å². The first-order chi connectivity index (χ1) is 18.0. The SMILES string of the molecule is CN(C)CCn1cc(-c2ccc3c(-n4ccc5cnc(-c6cc(F)ccc6F)nc54)ccnc3c2)cn1. The second-order valence-electron chi connectivity index (χ2n) is 9.14. The lowest BCUT2D eigenvalue weighted by atomic mass is 10.1. The molecule has 0 amide bonds. The number of likely N-dealkylation sites (N-methyl/N-ethyl adjacent to an activating group) is 1. The minimum absolute atomic E-state index is 0.0185. The molecule has 4 aromatic heterocycles. The Balaban J connectivity index is 1.40. The lowest BCUT2D eigenvalue weighted by Crippen LogP contribution is -2.18. The molecule has 0 N–H and O–H groups in total. The smallest absolute Gasteiger partial charge is 0.164 e. The lowest BCUT2D eigenvalue weighted by Gasteiger charge is -2.10. The van der Waals surface area contributed by atoms with Crippen LogP contribution < -0.4 is 0 Å². The maximum Gasteiger partial charge on any atom is 0.164 e. The van der Waals surface area contributed by atoms with E-state index < -0.39 is 11.6 Å². The standard InChI is InChI=1S/C28H23F2N7/c1-35(2)11-12-36-17-20(16-33-36)18-3-5-22-25(13-18)31-9-7-26(22)37-10-8-19-15-32-27(34-28(19)37)23-14-21(29)4-6-24(23)30/h3-10,13-17H,11-12H2,1-2H3. The van der Waals surface area contributed by atoms with Gasteiger partial charge in [-0.25, -0.2) is 18.7 Å². The van der Waals surface area contributed by atoms with Gasteiger partial charge in [0.05, 0.1) is 29.5 Å². The molecule has 0 aliphatic carbocycles. The van der Waals surface area contributed by atoms with Crippen LogP contribution in [0.3, 0.4) is 0 Å². The summed E-state index contributed by atoms with van der Waals surface area (Å²) in [5.74, 6) is -1.00. The summed E-state index contributed by atoms with van der Waals surface area (Å²) >= 11 is 0. The Kier molecular flexibility index (Phi) is 5.69. The highest BCUT2D eigenvalue weighted by Crippen LogP contribution is 2.30.